The van der Waals surface area contributed by atoms with Gasteiger partial charge in [0.25, 0.3) is 0 Å². The van der Waals surface area contributed by atoms with Gasteiger partial charge < -0.3 is 20.9 Å². The van der Waals surface area contributed by atoms with Gasteiger partial charge in [0.15, 0.2) is 5.11 Å². The second kappa shape index (κ2) is 10.9. The van der Waals surface area contributed by atoms with Crippen molar-refractivity contribution < 1.29 is 14.0 Å². The summed E-state index contributed by atoms with van der Waals surface area (Å²) in [5.74, 6) is -0.854. The monoisotopic (exact) mass is 442 g/mol. The van der Waals surface area contributed by atoms with Crippen molar-refractivity contribution in [2.24, 2.45) is 0 Å². The van der Waals surface area contributed by atoms with Crippen LogP contribution in [0, 0.1) is 5.82 Å². The molecule has 0 aromatic heterocycles. The number of carbonyl (C=O) groups excluding carboxylic acids is 2. The number of amides is 2. The normalized spacial score (nSPS) is 15.1. The summed E-state index contributed by atoms with van der Waals surface area (Å²) in [5.41, 5.74) is 1.73. The summed E-state index contributed by atoms with van der Waals surface area (Å²) in [7, 11) is 0. The van der Waals surface area contributed by atoms with Crippen LogP contribution in [0.3, 0.4) is 0 Å². The van der Waals surface area contributed by atoms with Gasteiger partial charge in [0, 0.05) is 38.2 Å². The Labute approximate surface area is 187 Å². The number of nitrogens with zero attached hydrogens (tertiary/aromatic N) is 1. The Kier molecular flexibility index (Phi) is 7.94. The number of halogens is 1. The van der Waals surface area contributed by atoms with Crippen molar-refractivity contribution in [3.05, 3.63) is 66.0 Å². The van der Waals surface area contributed by atoms with E-state index in [1.165, 1.54) is 19.1 Å². The van der Waals surface area contributed by atoms with Gasteiger partial charge in [0.05, 0.1) is 0 Å². The summed E-state index contributed by atoms with van der Waals surface area (Å²) >= 11 is 5.51. The fourth-order valence-corrected chi connectivity index (χ4v) is 3.86. The number of piperidine rings is 1. The smallest absolute Gasteiger partial charge is 0.243 e. The maximum atomic E-state index is 13.1. The molecule has 0 aliphatic carbocycles. The number of benzene rings is 2. The molecule has 2 aromatic carbocycles. The maximum Gasteiger partial charge on any atom is 0.243 e. The molecule has 1 heterocycles. The minimum atomic E-state index is -0.707. The van der Waals surface area contributed by atoms with E-state index in [0.29, 0.717) is 11.5 Å². The van der Waals surface area contributed by atoms with Crippen LogP contribution in [0.1, 0.15) is 25.3 Å². The van der Waals surface area contributed by atoms with Crippen LogP contribution in [0.25, 0.3) is 0 Å². The molecule has 0 spiro atoms. The zero-order chi connectivity index (χ0) is 22.2. The molecule has 6 nitrogen and oxygen atoms in total. The molecular weight excluding hydrogens is 415 g/mol. The van der Waals surface area contributed by atoms with Crippen LogP contribution in [-0.2, 0) is 16.0 Å². The molecule has 1 atom stereocenters. The minimum absolute atomic E-state index is 0.00718. The lowest BCUT2D eigenvalue weighted by atomic mass is 10.0. The minimum Gasteiger partial charge on any atom is -0.351 e. The van der Waals surface area contributed by atoms with E-state index in [2.05, 4.69) is 20.9 Å². The van der Waals surface area contributed by atoms with Crippen LogP contribution in [-0.4, -0.2) is 47.0 Å². The first-order valence-electron chi connectivity index (χ1n) is 10.3. The van der Waals surface area contributed by atoms with E-state index in [9.17, 15) is 14.0 Å². The molecule has 0 bridgehead atoms. The van der Waals surface area contributed by atoms with Crippen LogP contribution < -0.4 is 16.0 Å². The number of carbonyl (C=O) groups is 2. The summed E-state index contributed by atoms with van der Waals surface area (Å²) in [6.45, 7) is 2.84. The third kappa shape index (κ3) is 7.03. The number of hydrogen-bond acceptors (Lipinski definition) is 3. The van der Waals surface area contributed by atoms with E-state index in [1.807, 2.05) is 30.3 Å². The molecule has 1 saturated heterocycles. The topological polar surface area (TPSA) is 73.5 Å². The van der Waals surface area contributed by atoms with Crippen molar-refractivity contribution in [3.63, 3.8) is 0 Å². The van der Waals surface area contributed by atoms with Crippen LogP contribution >= 0.6 is 12.2 Å². The second-order valence-corrected chi connectivity index (χ2v) is 8.04. The first-order valence-corrected chi connectivity index (χ1v) is 10.7. The summed E-state index contributed by atoms with van der Waals surface area (Å²) in [4.78, 5) is 26.5. The molecular formula is C23H27FN4O2S. The van der Waals surface area contributed by atoms with Crippen molar-refractivity contribution in [1.29, 1.82) is 0 Å². The molecule has 1 fully saturated rings. The van der Waals surface area contributed by atoms with Gasteiger partial charge in [-0.3, -0.25) is 9.59 Å². The van der Waals surface area contributed by atoms with Crippen LogP contribution in [0.2, 0.25) is 0 Å². The molecule has 31 heavy (non-hydrogen) atoms. The first-order chi connectivity index (χ1) is 14.9. The summed E-state index contributed by atoms with van der Waals surface area (Å²) in [6, 6.07) is 15.0. The Morgan fingerprint density at radius 2 is 1.74 bits per heavy atom. The van der Waals surface area contributed by atoms with Gasteiger partial charge in [-0.2, -0.15) is 0 Å². The predicted octanol–water partition coefficient (Wildman–Crippen LogP) is 2.85. The number of nitrogens with one attached hydrogen (secondary N) is 3. The molecule has 3 rings (SSSR count). The lowest BCUT2D eigenvalue weighted by Crippen LogP contribution is -2.53. The van der Waals surface area contributed by atoms with Crippen LogP contribution in [0.15, 0.2) is 54.6 Å². The fraction of sp³-hybridized carbons (Fsp3) is 0.348. The van der Waals surface area contributed by atoms with Crippen LogP contribution in [0.5, 0.6) is 0 Å². The third-order valence-electron chi connectivity index (χ3n) is 5.20. The molecule has 0 saturated carbocycles. The highest BCUT2D eigenvalue weighted by Gasteiger charge is 2.26. The number of hydrogen-bond donors (Lipinski definition) is 3. The largest absolute Gasteiger partial charge is 0.351 e. The molecule has 2 amide bonds. The first kappa shape index (κ1) is 22.7. The van der Waals surface area contributed by atoms with E-state index >= 15 is 0 Å². The lowest BCUT2D eigenvalue weighted by Gasteiger charge is -2.34. The number of rotatable bonds is 6. The number of thiocarbonyl (C=S) groups is 1. The predicted molar refractivity (Wildman–Crippen MR) is 123 cm³/mol. The summed E-state index contributed by atoms with van der Waals surface area (Å²) in [6.07, 6.45) is 1.81. The van der Waals surface area contributed by atoms with Gasteiger partial charge in [-0.05, 0) is 54.9 Å². The van der Waals surface area contributed by atoms with Gasteiger partial charge in [0.1, 0.15) is 11.9 Å². The Balaban J connectivity index is 1.51. The van der Waals surface area contributed by atoms with Crippen molar-refractivity contribution >= 4 is 34.8 Å². The van der Waals surface area contributed by atoms with E-state index < -0.39 is 6.04 Å². The third-order valence-corrected chi connectivity index (χ3v) is 5.56. The Hall–Kier alpha value is -3.00. The zero-order valence-corrected chi connectivity index (χ0v) is 18.3. The second-order valence-electron chi connectivity index (χ2n) is 7.65. The zero-order valence-electron chi connectivity index (χ0n) is 17.4. The SMILES string of the molecule is CC(=O)N[C@@H](Cc1ccc(F)cc1)C(=O)NC1CCN(C(=S)Nc2ccccc2)CC1. The average Bonchev–Trinajstić information content (AvgIpc) is 2.75. The van der Waals surface area contributed by atoms with Gasteiger partial charge in [-0.1, -0.05) is 30.3 Å². The van der Waals surface area contributed by atoms with Gasteiger partial charge in [0.2, 0.25) is 11.8 Å². The molecule has 2 aromatic rings. The molecule has 1 aliphatic heterocycles. The van der Waals surface area contributed by atoms with Crippen molar-refractivity contribution in [2.75, 3.05) is 18.4 Å². The Morgan fingerprint density at radius 1 is 1.10 bits per heavy atom. The highest BCUT2D eigenvalue weighted by atomic mass is 32.1. The fourth-order valence-electron chi connectivity index (χ4n) is 3.56. The van der Waals surface area contributed by atoms with E-state index in [0.717, 1.165) is 37.2 Å². The van der Waals surface area contributed by atoms with Crippen molar-refractivity contribution in [1.82, 2.24) is 15.5 Å². The Bertz CT molecular complexity index is 900. The molecule has 164 valence electrons. The lowest BCUT2D eigenvalue weighted by molar-refractivity contribution is -0.128. The van der Waals surface area contributed by atoms with Crippen molar-refractivity contribution in [2.45, 2.75) is 38.3 Å². The molecule has 1 aliphatic rings. The quantitative estimate of drug-likeness (QED) is 0.600. The molecule has 8 heteroatoms. The van der Waals surface area contributed by atoms with Gasteiger partial charge >= 0.3 is 0 Å². The number of para-hydroxylation sites is 1. The van der Waals surface area contributed by atoms with E-state index in [4.69, 9.17) is 12.2 Å². The van der Waals surface area contributed by atoms with Gasteiger partial charge in [-0.25, -0.2) is 4.39 Å². The highest BCUT2D eigenvalue weighted by molar-refractivity contribution is 7.80. The molecule has 0 unspecified atom stereocenters. The molecule has 3 N–H and O–H groups in total. The summed E-state index contributed by atoms with van der Waals surface area (Å²) < 4.78 is 13.1. The van der Waals surface area contributed by atoms with Gasteiger partial charge in [-0.15, -0.1) is 0 Å². The Morgan fingerprint density at radius 3 is 2.35 bits per heavy atom. The average molecular weight is 443 g/mol. The van der Waals surface area contributed by atoms with E-state index in [1.54, 1.807) is 12.1 Å². The number of likely N-dealkylation sites (tertiary alicyclic amines) is 1. The standard InChI is InChI=1S/C23H27FN4O2S/c1-16(29)25-21(15-17-7-9-18(24)10-8-17)22(30)26-20-11-13-28(14-12-20)23(31)27-19-5-3-2-4-6-19/h2-10,20-21H,11-15H2,1H3,(H,25,29)(H,26,30)(H,27,31)/t21-/m0/s1. The van der Waals surface area contributed by atoms with E-state index in [-0.39, 0.29) is 23.7 Å². The maximum absolute atomic E-state index is 13.1. The van der Waals surface area contributed by atoms with Crippen LogP contribution in [0.4, 0.5) is 10.1 Å². The van der Waals surface area contributed by atoms with Crippen molar-refractivity contribution in [3.8, 4) is 0 Å². The summed E-state index contributed by atoms with van der Waals surface area (Å²) in [5, 5.41) is 9.65. The highest BCUT2D eigenvalue weighted by Crippen LogP contribution is 2.14. The molecule has 0 radical (unpaired) electrons. The number of anilines is 1.